The quantitative estimate of drug-likeness (QED) is 0.787. The highest BCUT2D eigenvalue weighted by molar-refractivity contribution is 7.11. The maximum Gasteiger partial charge on any atom is 0.387 e. The Hall–Kier alpha value is -1.82. The summed E-state index contributed by atoms with van der Waals surface area (Å²) in [6, 6.07) is 6.19. The first-order valence-corrected chi connectivity index (χ1v) is 5.53. The lowest BCUT2D eigenvalue weighted by atomic mass is 10.2. The number of rotatable bonds is 4. The number of carbonyl (C=O) groups is 1. The number of benzene rings is 1. The number of alkyl halides is 2. The van der Waals surface area contributed by atoms with Crippen LogP contribution in [0.3, 0.4) is 0 Å². The molecule has 0 fully saturated rings. The van der Waals surface area contributed by atoms with Crippen molar-refractivity contribution in [2.45, 2.75) is 6.61 Å². The van der Waals surface area contributed by atoms with Crippen LogP contribution in [-0.2, 0) is 0 Å². The van der Waals surface area contributed by atoms with E-state index in [9.17, 15) is 13.6 Å². The minimum atomic E-state index is -2.86. The van der Waals surface area contributed by atoms with Crippen LogP contribution in [-0.4, -0.2) is 17.9 Å². The Balaban J connectivity index is 2.29. The lowest BCUT2D eigenvalue weighted by molar-refractivity contribution is -0.0498. The van der Waals surface area contributed by atoms with E-state index in [1.807, 2.05) is 0 Å². The normalized spacial score (nSPS) is 10.5. The molecule has 3 nitrogen and oxygen atoms in total. The van der Waals surface area contributed by atoms with Gasteiger partial charge in [-0.3, -0.25) is 4.79 Å². The number of ether oxygens (including phenoxy) is 1. The Bertz CT molecular complexity index is 528. The third-order valence-electron chi connectivity index (χ3n) is 1.98. The molecule has 0 aliphatic rings. The Morgan fingerprint density at radius 2 is 2.24 bits per heavy atom. The average Bonchev–Trinajstić information content (AvgIpc) is 2.77. The summed E-state index contributed by atoms with van der Waals surface area (Å²) in [5.74, 6) is 0.0677. The van der Waals surface area contributed by atoms with Crippen molar-refractivity contribution in [1.82, 2.24) is 4.98 Å². The second-order valence-corrected chi connectivity index (χ2v) is 3.98. The molecule has 0 unspecified atom stereocenters. The lowest BCUT2D eigenvalue weighted by Crippen LogP contribution is -2.01. The van der Waals surface area contributed by atoms with Gasteiger partial charge >= 0.3 is 6.61 Å². The maximum atomic E-state index is 12.0. The van der Waals surface area contributed by atoms with E-state index in [1.54, 1.807) is 17.5 Å². The fourth-order valence-electron chi connectivity index (χ4n) is 1.31. The largest absolute Gasteiger partial charge is 0.435 e. The van der Waals surface area contributed by atoms with Crippen molar-refractivity contribution in [3.8, 4) is 17.0 Å². The summed E-state index contributed by atoms with van der Waals surface area (Å²) in [7, 11) is 0. The van der Waals surface area contributed by atoms with Crippen molar-refractivity contribution < 1.29 is 18.3 Å². The third-order valence-corrected chi connectivity index (χ3v) is 2.75. The Labute approximate surface area is 99.7 Å². The van der Waals surface area contributed by atoms with Gasteiger partial charge in [0.15, 0.2) is 11.3 Å². The smallest absolute Gasteiger partial charge is 0.387 e. The Morgan fingerprint density at radius 1 is 1.41 bits per heavy atom. The van der Waals surface area contributed by atoms with E-state index in [-0.39, 0.29) is 5.75 Å². The molecule has 0 atom stereocenters. The number of hydrogen-bond donors (Lipinski definition) is 0. The van der Waals surface area contributed by atoms with Crippen LogP contribution in [0.2, 0.25) is 0 Å². The third kappa shape index (κ3) is 2.85. The van der Waals surface area contributed by atoms with Crippen LogP contribution in [0.15, 0.2) is 29.6 Å². The van der Waals surface area contributed by atoms with E-state index in [0.29, 0.717) is 22.6 Å². The summed E-state index contributed by atoms with van der Waals surface area (Å²) in [6.07, 6.45) is 0.647. The Morgan fingerprint density at radius 3 is 2.88 bits per heavy atom. The van der Waals surface area contributed by atoms with Gasteiger partial charge in [-0.15, -0.1) is 11.3 Å². The van der Waals surface area contributed by atoms with Crippen molar-refractivity contribution in [1.29, 1.82) is 0 Å². The molecule has 1 aromatic carbocycles. The number of halogens is 2. The van der Waals surface area contributed by atoms with E-state index in [4.69, 9.17) is 0 Å². The van der Waals surface area contributed by atoms with Crippen LogP contribution in [0.1, 0.15) is 9.80 Å². The number of hydrogen-bond acceptors (Lipinski definition) is 4. The van der Waals surface area contributed by atoms with Crippen molar-refractivity contribution in [3.05, 3.63) is 34.7 Å². The van der Waals surface area contributed by atoms with Gasteiger partial charge in [0.05, 0.1) is 5.69 Å². The monoisotopic (exact) mass is 255 g/mol. The van der Waals surface area contributed by atoms with Gasteiger partial charge in [0.25, 0.3) is 0 Å². The first-order chi connectivity index (χ1) is 8.19. The van der Waals surface area contributed by atoms with Gasteiger partial charge in [-0.1, -0.05) is 12.1 Å². The average molecular weight is 255 g/mol. The van der Waals surface area contributed by atoms with Gasteiger partial charge in [0, 0.05) is 10.9 Å². The SMILES string of the molecule is O=Cc1nc(-c2cccc(OC(F)F)c2)cs1. The summed E-state index contributed by atoms with van der Waals surface area (Å²) < 4.78 is 28.3. The molecule has 0 saturated heterocycles. The number of aldehydes is 1. The first-order valence-electron chi connectivity index (χ1n) is 4.65. The lowest BCUT2D eigenvalue weighted by Gasteiger charge is -2.05. The summed E-state index contributed by atoms with van der Waals surface area (Å²) in [5.41, 5.74) is 1.20. The molecule has 1 aromatic heterocycles. The minimum Gasteiger partial charge on any atom is -0.435 e. The van der Waals surface area contributed by atoms with E-state index >= 15 is 0 Å². The molecule has 1 heterocycles. The standard InChI is InChI=1S/C11H7F2NO2S/c12-11(13)16-8-3-1-2-7(4-8)9-6-17-10(5-15)14-9/h1-6,11H. The van der Waals surface area contributed by atoms with Crippen LogP contribution in [0.4, 0.5) is 8.78 Å². The molecule has 0 bridgehead atoms. The summed E-state index contributed by atoms with van der Waals surface area (Å²) in [5, 5.41) is 2.03. The van der Waals surface area contributed by atoms with Gasteiger partial charge in [0.2, 0.25) is 0 Å². The molecule has 88 valence electrons. The number of carbonyl (C=O) groups excluding carboxylic acids is 1. The van der Waals surface area contributed by atoms with Gasteiger partial charge in [-0.2, -0.15) is 8.78 Å². The topological polar surface area (TPSA) is 39.2 Å². The second-order valence-electron chi connectivity index (χ2n) is 3.10. The van der Waals surface area contributed by atoms with E-state index < -0.39 is 6.61 Å². The van der Waals surface area contributed by atoms with E-state index in [2.05, 4.69) is 9.72 Å². The molecule has 0 aliphatic heterocycles. The van der Waals surface area contributed by atoms with Crippen molar-refractivity contribution in [2.24, 2.45) is 0 Å². The molecular formula is C11H7F2NO2S. The zero-order valence-electron chi connectivity index (χ0n) is 8.47. The number of aromatic nitrogens is 1. The highest BCUT2D eigenvalue weighted by Gasteiger charge is 2.07. The molecule has 0 radical (unpaired) electrons. The molecule has 0 amide bonds. The van der Waals surface area contributed by atoms with Crippen LogP contribution in [0, 0.1) is 0 Å². The summed E-state index contributed by atoms with van der Waals surface area (Å²) in [6.45, 7) is -2.86. The minimum absolute atomic E-state index is 0.0677. The maximum absolute atomic E-state index is 12.0. The number of thiazole rings is 1. The van der Waals surface area contributed by atoms with Crippen LogP contribution < -0.4 is 4.74 Å². The molecule has 0 N–H and O–H groups in total. The highest BCUT2D eigenvalue weighted by atomic mass is 32.1. The molecule has 0 aliphatic carbocycles. The zero-order valence-corrected chi connectivity index (χ0v) is 9.29. The predicted octanol–water partition coefficient (Wildman–Crippen LogP) is 3.22. The van der Waals surface area contributed by atoms with E-state index in [1.165, 1.54) is 23.5 Å². The van der Waals surface area contributed by atoms with Crippen molar-refractivity contribution in [3.63, 3.8) is 0 Å². The summed E-state index contributed by atoms with van der Waals surface area (Å²) >= 11 is 1.20. The fraction of sp³-hybridized carbons (Fsp3) is 0.0909. The molecule has 2 aromatic rings. The Kier molecular flexibility index (Phi) is 3.43. The first kappa shape index (κ1) is 11.7. The summed E-state index contributed by atoms with van der Waals surface area (Å²) in [4.78, 5) is 14.5. The van der Waals surface area contributed by atoms with Crippen LogP contribution in [0.25, 0.3) is 11.3 Å². The van der Waals surface area contributed by atoms with Gasteiger partial charge < -0.3 is 4.74 Å². The molecule has 2 rings (SSSR count). The second kappa shape index (κ2) is 5.01. The molecule has 17 heavy (non-hydrogen) atoms. The predicted molar refractivity (Wildman–Crippen MR) is 59.6 cm³/mol. The van der Waals surface area contributed by atoms with Gasteiger partial charge in [0.1, 0.15) is 5.75 Å². The molecule has 0 saturated carbocycles. The van der Waals surface area contributed by atoms with E-state index in [0.717, 1.165) is 0 Å². The fourth-order valence-corrected chi connectivity index (χ4v) is 1.93. The zero-order chi connectivity index (χ0) is 12.3. The molecule has 6 heteroatoms. The van der Waals surface area contributed by atoms with Crippen LogP contribution >= 0.6 is 11.3 Å². The van der Waals surface area contributed by atoms with Crippen molar-refractivity contribution in [2.75, 3.05) is 0 Å². The highest BCUT2D eigenvalue weighted by Crippen LogP contribution is 2.25. The number of nitrogens with zero attached hydrogens (tertiary/aromatic N) is 1. The van der Waals surface area contributed by atoms with Gasteiger partial charge in [-0.25, -0.2) is 4.98 Å². The molecular weight excluding hydrogens is 248 g/mol. The van der Waals surface area contributed by atoms with Gasteiger partial charge in [-0.05, 0) is 12.1 Å². The van der Waals surface area contributed by atoms with Crippen molar-refractivity contribution >= 4 is 17.6 Å². The molecule has 0 spiro atoms. The van der Waals surface area contributed by atoms with Crippen LogP contribution in [0.5, 0.6) is 5.75 Å².